The van der Waals surface area contributed by atoms with E-state index < -0.39 is 0 Å². The average molecular weight is 261 g/mol. The second-order valence-electron chi connectivity index (χ2n) is 3.68. The molecule has 0 heterocycles. The zero-order chi connectivity index (χ0) is 12.1. The number of anilines is 1. The van der Waals surface area contributed by atoms with Gasteiger partial charge in [-0.15, -0.1) is 0 Å². The second kappa shape index (κ2) is 5.97. The van der Waals surface area contributed by atoms with Crippen molar-refractivity contribution in [2.45, 2.75) is 19.9 Å². The molecule has 0 atom stereocenters. The zero-order valence-corrected chi connectivity index (χ0v) is 10.7. The van der Waals surface area contributed by atoms with Crippen molar-refractivity contribution < 1.29 is 4.79 Å². The van der Waals surface area contributed by atoms with Crippen molar-refractivity contribution >= 4 is 34.8 Å². The molecular formula is C11H14Cl2N2O. The molecule has 0 radical (unpaired) electrons. The van der Waals surface area contributed by atoms with Crippen LogP contribution in [0.2, 0.25) is 10.0 Å². The summed E-state index contributed by atoms with van der Waals surface area (Å²) in [7, 11) is 0. The van der Waals surface area contributed by atoms with Gasteiger partial charge in [0.25, 0.3) is 0 Å². The molecule has 0 spiro atoms. The molecule has 0 aliphatic heterocycles. The van der Waals surface area contributed by atoms with Gasteiger partial charge in [0, 0.05) is 6.04 Å². The van der Waals surface area contributed by atoms with E-state index in [9.17, 15) is 4.79 Å². The molecular weight excluding hydrogens is 247 g/mol. The van der Waals surface area contributed by atoms with E-state index >= 15 is 0 Å². The Hall–Kier alpha value is -0.930. The summed E-state index contributed by atoms with van der Waals surface area (Å²) >= 11 is 11.8. The third-order valence-corrected chi connectivity index (χ3v) is 2.66. The highest BCUT2D eigenvalue weighted by Gasteiger charge is 2.06. The van der Waals surface area contributed by atoms with Crippen LogP contribution in [0.3, 0.4) is 0 Å². The summed E-state index contributed by atoms with van der Waals surface area (Å²) in [6, 6.07) is 5.38. The minimum Gasteiger partial charge on any atom is -0.375 e. The van der Waals surface area contributed by atoms with E-state index in [1.165, 1.54) is 0 Å². The summed E-state index contributed by atoms with van der Waals surface area (Å²) in [6.07, 6.45) is 0. The van der Waals surface area contributed by atoms with Crippen molar-refractivity contribution in [3.05, 3.63) is 28.2 Å². The number of hydrogen-bond acceptors (Lipinski definition) is 2. The lowest BCUT2D eigenvalue weighted by atomic mass is 10.3. The number of halogens is 2. The van der Waals surface area contributed by atoms with Gasteiger partial charge in [0.05, 0.1) is 22.3 Å². The largest absolute Gasteiger partial charge is 0.375 e. The second-order valence-corrected chi connectivity index (χ2v) is 4.46. The quantitative estimate of drug-likeness (QED) is 0.874. The van der Waals surface area contributed by atoms with Gasteiger partial charge in [-0.25, -0.2) is 0 Å². The Bertz CT molecular complexity index is 380. The standard InChI is InChI=1S/C11H14Cl2N2O/c1-7(2)15-10(16)6-14-9-5-3-4-8(12)11(9)13/h3-5,7,14H,6H2,1-2H3,(H,15,16). The topological polar surface area (TPSA) is 41.1 Å². The number of carbonyl (C=O) groups is 1. The molecule has 1 aromatic carbocycles. The number of amides is 1. The molecule has 0 saturated carbocycles. The van der Waals surface area contributed by atoms with Crippen molar-refractivity contribution in [2.75, 3.05) is 11.9 Å². The number of nitrogens with one attached hydrogen (secondary N) is 2. The molecule has 5 heteroatoms. The van der Waals surface area contributed by atoms with Crippen LogP contribution in [0.25, 0.3) is 0 Å². The van der Waals surface area contributed by atoms with Gasteiger partial charge in [0.15, 0.2) is 0 Å². The molecule has 1 aromatic rings. The van der Waals surface area contributed by atoms with Gasteiger partial charge in [-0.05, 0) is 26.0 Å². The highest BCUT2D eigenvalue weighted by Crippen LogP contribution is 2.29. The molecule has 0 aliphatic rings. The summed E-state index contributed by atoms with van der Waals surface area (Å²) in [5, 5.41) is 6.60. The average Bonchev–Trinajstić information content (AvgIpc) is 2.19. The number of carbonyl (C=O) groups excluding carboxylic acids is 1. The van der Waals surface area contributed by atoms with Crippen LogP contribution in [0.15, 0.2) is 18.2 Å². The first-order valence-electron chi connectivity index (χ1n) is 4.98. The van der Waals surface area contributed by atoms with Gasteiger partial charge in [0.1, 0.15) is 0 Å². The predicted octanol–water partition coefficient (Wildman–Crippen LogP) is 2.93. The monoisotopic (exact) mass is 260 g/mol. The molecule has 88 valence electrons. The Kier molecular flexibility index (Phi) is 4.90. The van der Waals surface area contributed by atoms with E-state index in [2.05, 4.69) is 10.6 Å². The molecule has 2 N–H and O–H groups in total. The summed E-state index contributed by atoms with van der Waals surface area (Å²) in [5.74, 6) is -0.0777. The Labute approximate surface area is 105 Å². The van der Waals surface area contributed by atoms with Gasteiger partial charge < -0.3 is 10.6 Å². The lowest BCUT2D eigenvalue weighted by Crippen LogP contribution is -2.34. The van der Waals surface area contributed by atoms with Crippen LogP contribution in [0.4, 0.5) is 5.69 Å². The van der Waals surface area contributed by atoms with Crippen LogP contribution in [-0.2, 0) is 4.79 Å². The molecule has 1 amide bonds. The van der Waals surface area contributed by atoms with E-state index in [0.717, 1.165) is 0 Å². The SMILES string of the molecule is CC(C)NC(=O)CNc1cccc(Cl)c1Cl. The molecule has 0 aliphatic carbocycles. The Morgan fingerprint density at radius 2 is 2.06 bits per heavy atom. The molecule has 0 aromatic heterocycles. The fraction of sp³-hybridized carbons (Fsp3) is 0.364. The summed E-state index contributed by atoms with van der Waals surface area (Å²) in [4.78, 5) is 11.4. The maximum absolute atomic E-state index is 11.4. The zero-order valence-electron chi connectivity index (χ0n) is 9.18. The molecule has 0 saturated heterocycles. The van der Waals surface area contributed by atoms with Crippen molar-refractivity contribution in [2.24, 2.45) is 0 Å². The van der Waals surface area contributed by atoms with Crippen LogP contribution in [-0.4, -0.2) is 18.5 Å². The van der Waals surface area contributed by atoms with E-state index in [-0.39, 0.29) is 18.5 Å². The lowest BCUT2D eigenvalue weighted by Gasteiger charge is -2.11. The molecule has 0 bridgehead atoms. The first-order chi connectivity index (χ1) is 7.50. The highest BCUT2D eigenvalue weighted by atomic mass is 35.5. The first-order valence-corrected chi connectivity index (χ1v) is 5.73. The van der Waals surface area contributed by atoms with E-state index in [1.807, 2.05) is 13.8 Å². The van der Waals surface area contributed by atoms with Gasteiger partial charge in [0.2, 0.25) is 5.91 Å². The van der Waals surface area contributed by atoms with Crippen molar-refractivity contribution in [3.8, 4) is 0 Å². The molecule has 1 rings (SSSR count). The van der Waals surface area contributed by atoms with Crippen LogP contribution in [0, 0.1) is 0 Å². The Balaban J connectivity index is 2.55. The minimum absolute atomic E-state index is 0.0777. The van der Waals surface area contributed by atoms with Crippen molar-refractivity contribution in [1.82, 2.24) is 5.32 Å². The maximum atomic E-state index is 11.4. The fourth-order valence-electron chi connectivity index (χ4n) is 1.19. The van der Waals surface area contributed by atoms with Gasteiger partial charge >= 0.3 is 0 Å². The smallest absolute Gasteiger partial charge is 0.239 e. The molecule has 16 heavy (non-hydrogen) atoms. The third-order valence-electron chi connectivity index (χ3n) is 1.84. The molecule has 0 unspecified atom stereocenters. The van der Waals surface area contributed by atoms with Gasteiger partial charge in [-0.1, -0.05) is 29.3 Å². The van der Waals surface area contributed by atoms with E-state index in [0.29, 0.717) is 15.7 Å². The van der Waals surface area contributed by atoms with Crippen LogP contribution in [0.1, 0.15) is 13.8 Å². The predicted molar refractivity (Wildman–Crippen MR) is 68.2 cm³/mol. The number of hydrogen-bond donors (Lipinski definition) is 2. The molecule has 3 nitrogen and oxygen atoms in total. The van der Waals surface area contributed by atoms with Crippen molar-refractivity contribution in [1.29, 1.82) is 0 Å². The fourth-order valence-corrected chi connectivity index (χ4v) is 1.56. The summed E-state index contributed by atoms with van der Waals surface area (Å²) in [5.41, 5.74) is 0.660. The molecule has 0 fully saturated rings. The Morgan fingerprint density at radius 1 is 1.38 bits per heavy atom. The highest BCUT2D eigenvalue weighted by molar-refractivity contribution is 6.43. The van der Waals surface area contributed by atoms with Crippen molar-refractivity contribution in [3.63, 3.8) is 0 Å². The minimum atomic E-state index is -0.0777. The van der Waals surface area contributed by atoms with Crippen LogP contribution >= 0.6 is 23.2 Å². The maximum Gasteiger partial charge on any atom is 0.239 e. The first kappa shape index (κ1) is 13.1. The Morgan fingerprint density at radius 3 is 2.69 bits per heavy atom. The normalized spacial score (nSPS) is 10.3. The van der Waals surface area contributed by atoms with E-state index in [1.54, 1.807) is 18.2 Å². The summed E-state index contributed by atoms with van der Waals surface area (Å²) < 4.78 is 0. The van der Waals surface area contributed by atoms with Crippen LogP contribution < -0.4 is 10.6 Å². The van der Waals surface area contributed by atoms with Gasteiger partial charge in [-0.3, -0.25) is 4.79 Å². The number of benzene rings is 1. The lowest BCUT2D eigenvalue weighted by molar-refractivity contribution is -0.119. The van der Waals surface area contributed by atoms with Gasteiger partial charge in [-0.2, -0.15) is 0 Å². The summed E-state index contributed by atoms with van der Waals surface area (Å²) in [6.45, 7) is 3.99. The number of rotatable bonds is 4. The third kappa shape index (κ3) is 3.91. The van der Waals surface area contributed by atoms with Crippen LogP contribution in [0.5, 0.6) is 0 Å². The van der Waals surface area contributed by atoms with E-state index in [4.69, 9.17) is 23.2 Å².